The quantitative estimate of drug-likeness (QED) is 0.757. The molecule has 0 amide bonds. The number of benzene rings is 1. The third-order valence-electron chi connectivity index (χ3n) is 3.98. The molecule has 5 heteroatoms. The van der Waals surface area contributed by atoms with Crippen LogP contribution in [0.25, 0.3) is 22.3 Å². The average molecular weight is 358 g/mol. The van der Waals surface area contributed by atoms with Gasteiger partial charge in [-0.25, -0.2) is 4.98 Å². The maximum absolute atomic E-state index is 5.50. The lowest BCUT2D eigenvalue weighted by atomic mass is 10.1. The van der Waals surface area contributed by atoms with E-state index in [9.17, 15) is 0 Å². The van der Waals surface area contributed by atoms with E-state index in [1.807, 2.05) is 12.3 Å². The summed E-state index contributed by atoms with van der Waals surface area (Å²) in [6.45, 7) is 3.34. The Morgan fingerprint density at radius 1 is 1.14 bits per heavy atom. The minimum Gasteiger partial charge on any atom is -0.378 e. The number of rotatable bonds is 2. The zero-order valence-corrected chi connectivity index (χ0v) is 13.6. The Morgan fingerprint density at radius 3 is 2.68 bits per heavy atom. The van der Waals surface area contributed by atoms with Gasteiger partial charge in [0.2, 0.25) is 0 Å². The molecule has 112 valence electrons. The Kier molecular flexibility index (Phi) is 3.60. The Bertz CT molecular complexity index is 794. The molecule has 0 radical (unpaired) electrons. The summed E-state index contributed by atoms with van der Waals surface area (Å²) in [7, 11) is 0. The van der Waals surface area contributed by atoms with Crippen molar-refractivity contribution in [3.05, 3.63) is 47.1 Å². The average Bonchev–Trinajstić information content (AvgIpc) is 2.95. The highest BCUT2D eigenvalue weighted by Crippen LogP contribution is 2.38. The van der Waals surface area contributed by atoms with Gasteiger partial charge in [0.1, 0.15) is 5.65 Å². The van der Waals surface area contributed by atoms with Crippen molar-refractivity contribution in [3.8, 4) is 11.3 Å². The first-order valence-electron chi connectivity index (χ1n) is 7.38. The van der Waals surface area contributed by atoms with Crippen LogP contribution >= 0.6 is 15.9 Å². The minimum absolute atomic E-state index is 0.766. The lowest BCUT2D eigenvalue weighted by Crippen LogP contribution is -2.36. The van der Waals surface area contributed by atoms with Gasteiger partial charge in [-0.3, -0.25) is 0 Å². The molecule has 0 aliphatic carbocycles. The summed E-state index contributed by atoms with van der Waals surface area (Å²) in [4.78, 5) is 10.4. The van der Waals surface area contributed by atoms with Crippen LogP contribution in [-0.2, 0) is 4.74 Å². The van der Waals surface area contributed by atoms with Crippen LogP contribution in [0, 0.1) is 0 Å². The molecule has 22 heavy (non-hydrogen) atoms. The van der Waals surface area contributed by atoms with E-state index in [4.69, 9.17) is 4.74 Å². The summed E-state index contributed by atoms with van der Waals surface area (Å²) in [6, 6.07) is 12.6. The molecule has 0 bridgehead atoms. The van der Waals surface area contributed by atoms with Crippen molar-refractivity contribution in [1.82, 2.24) is 9.97 Å². The Labute approximate surface area is 137 Å². The lowest BCUT2D eigenvalue weighted by Gasteiger charge is -2.29. The van der Waals surface area contributed by atoms with Crippen molar-refractivity contribution in [2.24, 2.45) is 0 Å². The van der Waals surface area contributed by atoms with Crippen LogP contribution < -0.4 is 4.90 Å². The molecule has 4 nitrogen and oxygen atoms in total. The first kappa shape index (κ1) is 13.8. The molecule has 1 saturated heterocycles. The van der Waals surface area contributed by atoms with Crippen LogP contribution in [0.3, 0.4) is 0 Å². The highest BCUT2D eigenvalue weighted by molar-refractivity contribution is 9.10. The smallest absolute Gasteiger partial charge is 0.139 e. The zero-order valence-electron chi connectivity index (χ0n) is 12.1. The van der Waals surface area contributed by atoms with Gasteiger partial charge in [0.05, 0.1) is 24.6 Å². The summed E-state index contributed by atoms with van der Waals surface area (Å²) in [5.41, 5.74) is 4.45. The standard InChI is InChI=1S/C17H16BrN3O/c18-13-10-14-16(21-6-8-22-9-7-21)15(20-17(14)19-11-13)12-4-2-1-3-5-12/h1-5,10-11H,6-9H2,(H,19,20). The SMILES string of the molecule is Brc1cnc2[nH]c(-c3ccccc3)c(N3CCOCC3)c2c1. The molecule has 3 aromatic rings. The second kappa shape index (κ2) is 5.74. The van der Waals surface area contributed by atoms with Crippen molar-refractivity contribution in [2.45, 2.75) is 0 Å². The summed E-state index contributed by atoms with van der Waals surface area (Å²) < 4.78 is 6.50. The van der Waals surface area contributed by atoms with Gasteiger partial charge in [0.15, 0.2) is 0 Å². The van der Waals surface area contributed by atoms with Crippen LogP contribution in [0.5, 0.6) is 0 Å². The van der Waals surface area contributed by atoms with Gasteiger partial charge >= 0.3 is 0 Å². The molecule has 1 fully saturated rings. The number of aromatic nitrogens is 2. The molecule has 1 aromatic carbocycles. The largest absolute Gasteiger partial charge is 0.378 e. The predicted molar refractivity (Wildman–Crippen MR) is 92.3 cm³/mol. The Morgan fingerprint density at radius 2 is 1.91 bits per heavy atom. The Hall–Kier alpha value is -1.85. The van der Waals surface area contributed by atoms with E-state index < -0.39 is 0 Å². The molecule has 0 atom stereocenters. The second-order valence-corrected chi connectivity index (χ2v) is 6.28. The number of nitrogens with zero attached hydrogens (tertiary/aromatic N) is 2. The zero-order chi connectivity index (χ0) is 14.9. The van der Waals surface area contributed by atoms with E-state index in [-0.39, 0.29) is 0 Å². The fourth-order valence-electron chi connectivity index (χ4n) is 2.96. The number of pyridine rings is 1. The summed E-state index contributed by atoms with van der Waals surface area (Å²) in [5.74, 6) is 0. The third-order valence-corrected chi connectivity index (χ3v) is 4.41. The molecule has 2 aromatic heterocycles. The summed E-state index contributed by atoms with van der Waals surface area (Å²) in [5, 5.41) is 1.15. The molecule has 0 saturated carbocycles. The number of morpholine rings is 1. The van der Waals surface area contributed by atoms with Gasteiger partial charge in [-0.15, -0.1) is 0 Å². The highest BCUT2D eigenvalue weighted by Gasteiger charge is 2.21. The van der Waals surface area contributed by atoms with Crippen LogP contribution in [0.4, 0.5) is 5.69 Å². The highest BCUT2D eigenvalue weighted by atomic mass is 79.9. The number of aromatic amines is 1. The number of anilines is 1. The van der Waals surface area contributed by atoms with Gasteiger partial charge in [0, 0.05) is 34.7 Å². The molecule has 1 aliphatic heterocycles. The molecule has 3 heterocycles. The van der Waals surface area contributed by atoms with Crippen molar-refractivity contribution in [3.63, 3.8) is 0 Å². The molecule has 1 aliphatic rings. The van der Waals surface area contributed by atoms with Crippen LogP contribution in [-0.4, -0.2) is 36.3 Å². The number of fused-ring (bicyclic) bond motifs is 1. The first-order valence-corrected chi connectivity index (χ1v) is 8.17. The van der Waals surface area contributed by atoms with Gasteiger partial charge in [0.25, 0.3) is 0 Å². The topological polar surface area (TPSA) is 41.2 Å². The third kappa shape index (κ3) is 2.40. The van der Waals surface area contributed by atoms with Crippen LogP contribution in [0.15, 0.2) is 47.1 Å². The van der Waals surface area contributed by atoms with Crippen molar-refractivity contribution in [1.29, 1.82) is 0 Å². The number of hydrogen-bond donors (Lipinski definition) is 1. The summed E-state index contributed by atoms with van der Waals surface area (Å²) in [6.07, 6.45) is 1.83. The summed E-state index contributed by atoms with van der Waals surface area (Å²) >= 11 is 3.54. The molecule has 4 rings (SSSR count). The van der Waals surface area contributed by atoms with Gasteiger partial charge in [-0.2, -0.15) is 0 Å². The van der Waals surface area contributed by atoms with E-state index in [0.29, 0.717) is 0 Å². The van der Waals surface area contributed by atoms with Crippen molar-refractivity contribution >= 4 is 32.7 Å². The van der Waals surface area contributed by atoms with Gasteiger partial charge in [-0.1, -0.05) is 30.3 Å². The molecule has 1 N–H and O–H groups in total. The van der Waals surface area contributed by atoms with E-state index in [1.54, 1.807) is 0 Å². The second-order valence-electron chi connectivity index (χ2n) is 5.36. The fourth-order valence-corrected chi connectivity index (χ4v) is 3.29. The lowest BCUT2D eigenvalue weighted by molar-refractivity contribution is 0.123. The number of nitrogens with one attached hydrogen (secondary N) is 1. The number of H-pyrrole nitrogens is 1. The van der Waals surface area contributed by atoms with Gasteiger partial charge in [-0.05, 0) is 22.0 Å². The molecular formula is C17H16BrN3O. The van der Waals surface area contributed by atoms with Crippen LogP contribution in [0.1, 0.15) is 0 Å². The first-order chi connectivity index (χ1) is 10.8. The maximum Gasteiger partial charge on any atom is 0.139 e. The minimum atomic E-state index is 0.766. The fraction of sp³-hybridized carbons (Fsp3) is 0.235. The number of hydrogen-bond acceptors (Lipinski definition) is 3. The monoisotopic (exact) mass is 357 g/mol. The number of ether oxygens (including phenoxy) is 1. The van der Waals surface area contributed by atoms with Crippen molar-refractivity contribution in [2.75, 3.05) is 31.2 Å². The van der Waals surface area contributed by atoms with Crippen LogP contribution in [0.2, 0.25) is 0 Å². The van der Waals surface area contributed by atoms with E-state index >= 15 is 0 Å². The van der Waals surface area contributed by atoms with E-state index in [2.05, 4.69) is 61.1 Å². The molecule has 0 unspecified atom stereocenters. The predicted octanol–water partition coefficient (Wildman–Crippen LogP) is 3.83. The molecular weight excluding hydrogens is 342 g/mol. The van der Waals surface area contributed by atoms with Gasteiger partial charge < -0.3 is 14.6 Å². The maximum atomic E-state index is 5.50. The molecule has 0 spiro atoms. The number of halogens is 1. The Balaban J connectivity index is 1.94. The van der Waals surface area contributed by atoms with Crippen molar-refractivity contribution < 1.29 is 4.74 Å². The van der Waals surface area contributed by atoms with E-state index in [0.717, 1.165) is 47.5 Å². The normalized spacial score (nSPS) is 15.4. The van der Waals surface area contributed by atoms with E-state index in [1.165, 1.54) is 11.3 Å².